The first-order valence-corrected chi connectivity index (χ1v) is 5.48. The first-order valence-electron chi connectivity index (χ1n) is 4.67. The summed E-state index contributed by atoms with van der Waals surface area (Å²) in [5.74, 6) is -0.191. The minimum absolute atomic E-state index is 0.191. The van der Waals surface area contributed by atoms with E-state index in [0.29, 0.717) is 6.42 Å². The Balaban J connectivity index is 2.45. The maximum atomic E-state index is 11.0. The standard InChI is InChI=1S/C10H16N2O2S/c1-12(2)11-7-9-5-4-8(15-9)6-10(13)14-3/h4-5,11H,6-7H2,1-3H3. The molecule has 0 atom stereocenters. The van der Waals surface area contributed by atoms with Gasteiger partial charge in [0.1, 0.15) is 0 Å². The van der Waals surface area contributed by atoms with Crippen molar-refractivity contribution >= 4 is 17.3 Å². The summed E-state index contributed by atoms with van der Waals surface area (Å²) in [4.78, 5) is 13.3. The number of carbonyl (C=O) groups is 1. The number of nitrogens with zero attached hydrogens (tertiary/aromatic N) is 1. The van der Waals surface area contributed by atoms with E-state index in [-0.39, 0.29) is 5.97 Å². The van der Waals surface area contributed by atoms with Crippen molar-refractivity contribution in [3.63, 3.8) is 0 Å². The van der Waals surface area contributed by atoms with Crippen LogP contribution >= 0.6 is 11.3 Å². The molecule has 0 amide bonds. The Hall–Kier alpha value is -0.910. The van der Waals surface area contributed by atoms with Gasteiger partial charge < -0.3 is 4.74 Å². The van der Waals surface area contributed by atoms with Gasteiger partial charge in [-0.25, -0.2) is 0 Å². The van der Waals surface area contributed by atoms with E-state index >= 15 is 0 Å². The van der Waals surface area contributed by atoms with E-state index < -0.39 is 0 Å². The van der Waals surface area contributed by atoms with Gasteiger partial charge in [-0.05, 0) is 12.1 Å². The molecule has 1 rings (SSSR count). The van der Waals surface area contributed by atoms with Gasteiger partial charge in [0.05, 0.1) is 13.5 Å². The third kappa shape index (κ3) is 4.42. The fourth-order valence-electron chi connectivity index (χ4n) is 1.06. The lowest BCUT2D eigenvalue weighted by molar-refractivity contribution is -0.139. The van der Waals surface area contributed by atoms with Crippen LogP contribution in [0, 0.1) is 0 Å². The lowest BCUT2D eigenvalue weighted by Crippen LogP contribution is -2.29. The number of hydrogen-bond acceptors (Lipinski definition) is 5. The summed E-state index contributed by atoms with van der Waals surface area (Å²) < 4.78 is 4.61. The van der Waals surface area contributed by atoms with Gasteiger partial charge in [-0.1, -0.05) is 0 Å². The van der Waals surface area contributed by atoms with E-state index in [9.17, 15) is 4.79 Å². The van der Waals surface area contributed by atoms with Gasteiger partial charge in [-0.3, -0.25) is 15.2 Å². The van der Waals surface area contributed by atoms with Crippen LogP contribution in [-0.2, 0) is 22.5 Å². The summed E-state index contributed by atoms with van der Waals surface area (Å²) in [5, 5.41) is 1.90. The average Bonchev–Trinajstić information content (AvgIpc) is 2.62. The van der Waals surface area contributed by atoms with E-state index in [2.05, 4.69) is 10.2 Å². The molecular weight excluding hydrogens is 212 g/mol. The smallest absolute Gasteiger partial charge is 0.310 e. The highest BCUT2D eigenvalue weighted by Gasteiger charge is 2.05. The number of nitrogens with one attached hydrogen (secondary N) is 1. The molecule has 15 heavy (non-hydrogen) atoms. The van der Waals surface area contributed by atoms with Gasteiger partial charge >= 0.3 is 5.97 Å². The van der Waals surface area contributed by atoms with E-state index in [0.717, 1.165) is 11.4 Å². The molecule has 1 aromatic rings. The molecule has 0 bridgehead atoms. The highest BCUT2D eigenvalue weighted by molar-refractivity contribution is 7.12. The lowest BCUT2D eigenvalue weighted by Gasteiger charge is -2.09. The quantitative estimate of drug-likeness (QED) is 0.604. The molecule has 0 aliphatic carbocycles. The summed E-state index contributed by atoms with van der Waals surface area (Å²) in [6.07, 6.45) is 0.364. The number of hydrogen-bond donors (Lipinski definition) is 1. The maximum Gasteiger partial charge on any atom is 0.310 e. The molecule has 1 aromatic heterocycles. The lowest BCUT2D eigenvalue weighted by atomic mass is 10.3. The third-order valence-electron chi connectivity index (χ3n) is 1.83. The van der Waals surface area contributed by atoms with Crippen LogP contribution in [0.1, 0.15) is 9.75 Å². The molecule has 0 radical (unpaired) electrons. The molecule has 0 aromatic carbocycles. The molecule has 0 spiro atoms. The summed E-state index contributed by atoms with van der Waals surface area (Å²) in [5.41, 5.74) is 3.17. The summed E-state index contributed by atoms with van der Waals surface area (Å²) in [6.45, 7) is 0.791. The maximum absolute atomic E-state index is 11.0. The second-order valence-corrected chi connectivity index (χ2v) is 4.60. The Kier molecular flexibility index (Phi) is 4.74. The highest BCUT2D eigenvalue weighted by atomic mass is 32.1. The Labute approximate surface area is 93.8 Å². The Morgan fingerprint density at radius 1 is 1.47 bits per heavy atom. The fraction of sp³-hybridized carbons (Fsp3) is 0.500. The normalized spacial score (nSPS) is 10.7. The van der Waals surface area contributed by atoms with E-state index in [1.54, 1.807) is 11.3 Å². The molecule has 0 fully saturated rings. The number of ether oxygens (including phenoxy) is 1. The van der Waals surface area contributed by atoms with Crippen molar-refractivity contribution in [3.05, 3.63) is 21.9 Å². The van der Waals surface area contributed by atoms with Crippen LogP contribution in [0.3, 0.4) is 0 Å². The second-order valence-electron chi connectivity index (χ2n) is 3.35. The molecule has 1 N–H and O–H groups in total. The summed E-state index contributed by atoms with van der Waals surface area (Å²) >= 11 is 1.63. The van der Waals surface area contributed by atoms with Crippen LogP contribution in [0.4, 0.5) is 0 Å². The number of hydrazine groups is 1. The van der Waals surface area contributed by atoms with Gasteiger partial charge in [0.15, 0.2) is 0 Å². The first-order chi connectivity index (χ1) is 7.11. The zero-order valence-corrected chi connectivity index (χ0v) is 10.1. The zero-order chi connectivity index (χ0) is 11.3. The fourth-order valence-corrected chi connectivity index (χ4v) is 2.00. The molecule has 5 heteroatoms. The Morgan fingerprint density at radius 3 is 2.73 bits per heavy atom. The van der Waals surface area contributed by atoms with Crippen molar-refractivity contribution in [2.75, 3.05) is 21.2 Å². The molecule has 0 saturated heterocycles. The highest BCUT2D eigenvalue weighted by Crippen LogP contribution is 2.17. The van der Waals surface area contributed by atoms with Crippen LogP contribution in [-0.4, -0.2) is 32.2 Å². The summed E-state index contributed by atoms with van der Waals surface area (Å²) in [7, 11) is 5.30. The van der Waals surface area contributed by atoms with Crippen LogP contribution in [0.2, 0.25) is 0 Å². The Morgan fingerprint density at radius 2 is 2.13 bits per heavy atom. The van der Waals surface area contributed by atoms with Crippen LogP contribution < -0.4 is 5.43 Å². The topological polar surface area (TPSA) is 41.6 Å². The number of methoxy groups -OCH3 is 1. The molecule has 4 nitrogen and oxygen atoms in total. The van der Waals surface area contributed by atoms with E-state index in [1.807, 2.05) is 31.2 Å². The molecule has 0 aliphatic rings. The van der Waals surface area contributed by atoms with Crippen LogP contribution in [0.5, 0.6) is 0 Å². The van der Waals surface area contributed by atoms with Crippen molar-refractivity contribution < 1.29 is 9.53 Å². The van der Waals surface area contributed by atoms with Gasteiger partial charge in [0.2, 0.25) is 0 Å². The van der Waals surface area contributed by atoms with E-state index in [1.165, 1.54) is 12.0 Å². The van der Waals surface area contributed by atoms with Crippen LogP contribution in [0.15, 0.2) is 12.1 Å². The minimum Gasteiger partial charge on any atom is -0.469 e. The Bertz CT molecular complexity index is 323. The first kappa shape index (κ1) is 12.2. The average molecular weight is 228 g/mol. The number of esters is 1. The molecule has 0 saturated carbocycles. The van der Waals surface area contributed by atoms with E-state index in [4.69, 9.17) is 0 Å². The number of carbonyl (C=O) groups excluding carboxylic acids is 1. The van der Waals surface area contributed by atoms with Crippen molar-refractivity contribution in [2.24, 2.45) is 0 Å². The van der Waals surface area contributed by atoms with Gasteiger partial charge in [-0.15, -0.1) is 11.3 Å². The van der Waals surface area contributed by atoms with Gasteiger partial charge in [0.25, 0.3) is 0 Å². The molecule has 1 heterocycles. The molecule has 84 valence electrons. The monoisotopic (exact) mass is 228 g/mol. The molecule has 0 aliphatic heterocycles. The molecular formula is C10H16N2O2S. The SMILES string of the molecule is COC(=O)Cc1ccc(CNN(C)C)s1. The minimum atomic E-state index is -0.191. The molecule has 0 unspecified atom stereocenters. The van der Waals surface area contributed by atoms with Crippen LogP contribution in [0.25, 0.3) is 0 Å². The number of thiophene rings is 1. The third-order valence-corrected chi connectivity index (χ3v) is 2.92. The van der Waals surface area contributed by atoms with Gasteiger partial charge in [-0.2, -0.15) is 0 Å². The predicted octanol–water partition coefficient (Wildman–Crippen LogP) is 1.03. The largest absolute Gasteiger partial charge is 0.469 e. The predicted molar refractivity (Wildman–Crippen MR) is 60.6 cm³/mol. The zero-order valence-electron chi connectivity index (χ0n) is 9.24. The summed E-state index contributed by atoms with van der Waals surface area (Å²) in [6, 6.07) is 3.99. The van der Waals surface area contributed by atoms with Crippen molar-refractivity contribution in [1.29, 1.82) is 0 Å². The van der Waals surface area contributed by atoms with Crippen molar-refractivity contribution in [1.82, 2.24) is 10.4 Å². The van der Waals surface area contributed by atoms with Crippen molar-refractivity contribution in [3.8, 4) is 0 Å². The second kappa shape index (κ2) is 5.85. The van der Waals surface area contributed by atoms with Crippen molar-refractivity contribution in [2.45, 2.75) is 13.0 Å². The number of rotatable bonds is 5. The van der Waals surface area contributed by atoms with Gasteiger partial charge in [0, 0.05) is 30.4 Å².